The summed E-state index contributed by atoms with van der Waals surface area (Å²) in [7, 11) is 0. The van der Waals surface area contributed by atoms with Gasteiger partial charge in [-0.3, -0.25) is 0 Å². The highest BCUT2D eigenvalue weighted by molar-refractivity contribution is 5.37. The van der Waals surface area contributed by atoms with Gasteiger partial charge in [-0.05, 0) is 25.1 Å². The fourth-order valence-electron chi connectivity index (χ4n) is 1.57. The summed E-state index contributed by atoms with van der Waals surface area (Å²) < 4.78 is 24.2. The molecule has 1 atom stereocenters. The second-order valence-corrected chi connectivity index (χ2v) is 3.81. The van der Waals surface area contributed by atoms with Crippen molar-refractivity contribution in [2.24, 2.45) is 5.73 Å². The van der Waals surface area contributed by atoms with Crippen LogP contribution in [0.15, 0.2) is 41.0 Å². The van der Waals surface area contributed by atoms with Crippen LogP contribution in [-0.2, 0) is 6.61 Å². The summed E-state index contributed by atoms with van der Waals surface area (Å²) >= 11 is 0. The van der Waals surface area contributed by atoms with Crippen LogP contribution < -0.4 is 10.5 Å². The molecule has 1 heterocycles. The molecule has 0 saturated carbocycles. The molecule has 2 N–H and O–H groups in total. The fraction of sp³-hybridized carbons (Fsp3) is 0.231. The maximum atomic E-state index is 13.6. The van der Waals surface area contributed by atoms with Gasteiger partial charge in [0.15, 0.2) is 11.6 Å². The molecule has 90 valence electrons. The van der Waals surface area contributed by atoms with E-state index in [0.29, 0.717) is 11.3 Å². The Hall–Kier alpha value is -1.81. The van der Waals surface area contributed by atoms with Gasteiger partial charge in [-0.25, -0.2) is 4.39 Å². The Morgan fingerprint density at radius 2 is 2.18 bits per heavy atom. The topological polar surface area (TPSA) is 48.4 Å². The van der Waals surface area contributed by atoms with Crippen LogP contribution in [0.3, 0.4) is 0 Å². The molecule has 0 unspecified atom stereocenters. The van der Waals surface area contributed by atoms with E-state index in [9.17, 15) is 4.39 Å². The first kappa shape index (κ1) is 11.7. The van der Waals surface area contributed by atoms with E-state index in [2.05, 4.69) is 0 Å². The highest BCUT2D eigenvalue weighted by Crippen LogP contribution is 2.27. The average Bonchev–Trinajstić information content (AvgIpc) is 2.80. The molecule has 0 aliphatic carbocycles. The van der Waals surface area contributed by atoms with Crippen molar-refractivity contribution < 1.29 is 13.5 Å². The Kier molecular flexibility index (Phi) is 3.44. The number of hydrogen-bond donors (Lipinski definition) is 1. The minimum absolute atomic E-state index is 0.188. The molecule has 0 aliphatic rings. The fourth-order valence-corrected chi connectivity index (χ4v) is 1.57. The lowest BCUT2D eigenvalue weighted by atomic mass is 10.1. The summed E-state index contributed by atoms with van der Waals surface area (Å²) in [5, 5.41) is 0. The largest absolute Gasteiger partial charge is 0.482 e. The number of hydrogen-bond acceptors (Lipinski definition) is 3. The highest BCUT2D eigenvalue weighted by Gasteiger charge is 2.13. The van der Waals surface area contributed by atoms with Crippen molar-refractivity contribution in [3.8, 4) is 5.75 Å². The molecule has 1 aromatic heterocycles. The van der Waals surface area contributed by atoms with E-state index in [4.69, 9.17) is 14.9 Å². The van der Waals surface area contributed by atoms with Crippen molar-refractivity contribution in [1.82, 2.24) is 0 Å². The number of para-hydroxylation sites is 1. The number of rotatable bonds is 4. The monoisotopic (exact) mass is 235 g/mol. The van der Waals surface area contributed by atoms with Crippen molar-refractivity contribution in [2.45, 2.75) is 19.6 Å². The van der Waals surface area contributed by atoms with Crippen molar-refractivity contribution in [3.05, 3.63) is 53.7 Å². The van der Waals surface area contributed by atoms with E-state index in [-0.39, 0.29) is 18.4 Å². The molecule has 0 saturated heterocycles. The van der Waals surface area contributed by atoms with Crippen LogP contribution >= 0.6 is 0 Å². The van der Waals surface area contributed by atoms with Gasteiger partial charge in [0.2, 0.25) is 0 Å². The predicted molar refractivity (Wildman–Crippen MR) is 62.0 cm³/mol. The Labute approximate surface area is 99.0 Å². The van der Waals surface area contributed by atoms with Crippen LogP contribution in [0.25, 0.3) is 0 Å². The van der Waals surface area contributed by atoms with Gasteiger partial charge in [-0.1, -0.05) is 12.1 Å². The molecule has 4 heteroatoms. The van der Waals surface area contributed by atoms with E-state index in [1.807, 2.05) is 0 Å². The van der Waals surface area contributed by atoms with Gasteiger partial charge >= 0.3 is 0 Å². The smallest absolute Gasteiger partial charge is 0.165 e. The number of benzene rings is 1. The van der Waals surface area contributed by atoms with E-state index in [1.54, 1.807) is 37.5 Å². The average molecular weight is 235 g/mol. The summed E-state index contributed by atoms with van der Waals surface area (Å²) in [6, 6.07) is 7.97. The zero-order valence-corrected chi connectivity index (χ0v) is 9.52. The molecule has 2 aromatic rings. The van der Waals surface area contributed by atoms with Gasteiger partial charge in [-0.15, -0.1) is 0 Å². The van der Waals surface area contributed by atoms with Crippen LogP contribution in [0.2, 0.25) is 0 Å². The molecule has 0 aliphatic heterocycles. The molecule has 0 amide bonds. The number of halogens is 1. The quantitative estimate of drug-likeness (QED) is 0.886. The standard InChI is InChI=1S/C13H14FNO2/c1-9(15)11-5-2-6-12(14)13(11)17-8-10-4-3-7-16-10/h2-7,9H,8,15H2,1H3/t9-/m0/s1. The molecular formula is C13H14FNO2. The lowest BCUT2D eigenvalue weighted by molar-refractivity contribution is 0.255. The Bertz CT molecular complexity index is 480. The lowest BCUT2D eigenvalue weighted by Gasteiger charge is -2.13. The summed E-state index contributed by atoms with van der Waals surface area (Å²) in [4.78, 5) is 0. The highest BCUT2D eigenvalue weighted by atomic mass is 19.1. The van der Waals surface area contributed by atoms with Gasteiger partial charge < -0.3 is 14.9 Å². The zero-order chi connectivity index (χ0) is 12.3. The van der Waals surface area contributed by atoms with Crippen molar-refractivity contribution in [1.29, 1.82) is 0 Å². The van der Waals surface area contributed by atoms with Crippen LogP contribution in [0.1, 0.15) is 24.3 Å². The molecule has 0 fully saturated rings. The van der Waals surface area contributed by atoms with Gasteiger partial charge in [0, 0.05) is 11.6 Å². The van der Waals surface area contributed by atoms with Crippen LogP contribution in [0.5, 0.6) is 5.75 Å². The molecule has 3 nitrogen and oxygen atoms in total. The van der Waals surface area contributed by atoms with Gasteiger partial charge in [0.05, 0.1) is 6.26 Å². The first-order chi connectivity index (χ1) is 8.18. The van der Waals surface area contributed by atoms with Crippen molar-refractivity contribution in [2.75, 3.05) is 0 Å². The van der Waals surface area contributed by atoms with Crippen molar-refractivity contribution >= 4 is 0 Å². The third-order valence-corrected chi connectivity index (χ3v) is 2.43. The maximum Gasteiger partial charge on any atom is 0.165 e. The maximum absolute atomic E-state index is 13.6. The second kappa shape index (κ2) is 5.01. The van der Waals surface area contributed by atoms with Gasteiger partial charge in [0.25, 0.3) is 0 Å². The third kappa shape index (κ3) is 2.65. The third-order valence-electron chi connectivity index (χ3n) is 2.43. The summed E-state index contributed by atoms with van der Waals surface area (Å²) in [5.41, 5.74) is 6.41. The number of nitrogens with two attached hydrogens (primary N) is 1. The first-order valence-electron chi connectivity index (χ1n) is 5.37. The lowest BCUT2D eigenvalue weighted by Crippen LogP contribution is -2.09. The molecule has 0 radical (unpaired) electrons. The Morgan fingerprint density at radius 3 is 2.82 bits per heavy atom. The van der Waals surface area contributed by atoms with Crippen LogP contribution in [-0.4, -0.2) is 0 Å². The first-order valence-corrected chi connectivity index (χ1v) is 5.37. The summed E-state index contributed by atoms with van der Waals surface area (Å²) in [6.07, 6.45) is 1.55. The minimum Gasteiger partial charge on any atom is -0.482 e. The minimum atomic E-state index is -0.411. The summed E-state index contributed by atoms with van der Waals surface area (Å²) in [5.74, 6) is 0.425. The molecule has 0 bridgehead atoms. The zero-order valence-electron chi connectivity index (χ0n) is 9.52. The Morgan fingerprint density at radius 1 is 1.35 bits per heavy atom. The molecule has 1 aromatic carbocycles. The Balaban J connectivity index is 2.19. The molecular weight excluding hydrogens is 221 g/mol. The van der Waals surface area contributed by atoms with E-state index in [0.717, 1.165) is 0 Å². The summed E-state index contributed by atoms with van der Waals surface area (Å²) in [6.45, 7) is 1.97. The van der Waals surface area contributed by atoms with E-state index >= 15 is 0 Å². The van der Waals surface area contributed by atoms with E-state index < -0.39 is 5.82 Å². The normalized spacial score (nSPS) is 12.4. The second-order valence-electron chi connectivity index (χ2n) is 3.81. The van der Waals surface area contributed by atoms with Gasteiger partial charge in [-0.2, -0.15) is 0 Å². The SMILES string of the molecule is C[C@H](N)c1cccc(F)c1OCc1ccco1. The molecule has 2 rings (SSSR count). The molecule has 0 spiro atoms. The van der Waals surface area contributed by atoms with Crippen molar-refractivity contribution in [3.63, 3.8) is 0 Å². The van der Waals surface area contributed by atoms with Crippen LogP contribution in [0.4, 0.5) is 4.39 Å². The van der Waals surface area contributed by atoms with Gasteiger partial charge in [0.1, 0.15) is 12.4 Å². The van der Waals surface area contributed by atoms with Crippen LogP contribution in [0, 0.1) is 5.82 Å². The van der Waals surface area contributed by atoms with E-state index in [1.165, 1.54) is 6.07 Å². The predicted octanol–water partition coefficient (Wildman–Crippen LogP) is 3.02. The molecule has 17 heavy (non-hydrogen) atoms. The number of furan rings is 1. The number of ether oxygens (including phenoxy) is 1.